The van der Waals surface area contributed by atoms with E-state index in [1.807, 2.05) is 0 Å². The summed E-state index contributed by atoms with van der Waals surface area (Å²) in [6.45, 7) is 0.457. The fraction of sp³-hybridized carbons (Fsp3) is 0.167. The average molecular weight is 239 g/mol. The van der Waals surface area contributed by atoms with Crippen molar-refractivity contribution in [2.24, 2.45) is 0 Å². The molecule has 11 heavy (non-hydrogen) atoms. The van der Waals surface area contributed by atoms with Crippen LogP contribution in [0.4, 0.5) is 0 Å². The molecule has 0 unspecified atom stereocenters. The van der Waals surface area contributed by atoms with Crippen LogP contribution in [0.15, 0.2) is 15.2 Å². The van der Waals surface area contributed by atoms with Crippen LogP contribution in [0.1, 0.15) is 5.76 Å². The van der Waals surface area contributed by atoms with Gasteiger partial charge < -0.3 is 9.15 Å². The largest absolute Gasteiger partial charge is 0.460 e. The summed E-state index contributed by atoms with van der Waals surface area (Å²) in [5.41, 5.74) is 0. The van der Waals surface area contributed by atoms with Crippen LogP contribution < -0.4 is 0 Å². The summed E-state index contributed by atoms with van der Waals surface area (Å²) in [5, 5.41) is 0.467. The van der Waals surface area contributed by atoms with E-state index in [0.29, 0.717) is 21.9 Å². The Labute approximate surface area is 76.4 Å². The number of furan rings is 1. The molecule has 1 heterocycles. The molecule has 0 spiro atoms. The van der Waals surface area contributed by atoms with E-state index in [9.17, 15) is 4.79 Å². The maximum atomic E-state index is 9.76. The number of halogens is 2. The third-order valence-electron chi connectivity index (χ3n) is 0.990. The van der Waals surface area contributed by atoms with Gasteiger partial charge in [0.2, 0.25) is 0 Å². The van der Waals surface area contributed by atoms with Crippen molar-refractivity contribution >= 4 is 34.0 Å². The Bertz CT molecular complexity index is 239. The second-order valence-corrected chi connectivity index (χ2v) is 2.87. The van der Waals surface area contributed by atoms with Gasteiger partial charge in [-0.2, -0.15) is 0 Å². The molecule has 3 nitrogen and oxygen atoms in total. The monoisotopic (exact) mass is 238 g/mol. The minimum atomic E-state index is 0.106. The highest BCUT2D eigenvalue weighted by Gasteiger charge is 2.05. The molecule has 0 aromatic carbocycles. The summed E-state index contributed by atoms with van der Waals surface area (Å²) < 4.78 is 9.90. The van der Waals surface area contributed by atoms with Gasteiger partial charge >= 0.3 is 0 Å². The summed E-state index contributed by atoms with van der Waals surface area (Å²) in [5.74, 6) is 0.508. The smallest absolute Gasteiger partial charge is 0.293 e. The van der Waals surface area contributed by atoms with Crippen molar-refractivity contribution in [3.8, 4) is 0 Å². The average Bonchev–Trinajstić information content (AvgIpc) is 2.28. The Morgan fingerprint density at radius 1 is 1.82 bits per heavy atom. The van der Waals surface area contributed by atoms with Gasteiger partial charge in [0, 0.05) is 6.07 Å². The lowest BCUT2D eigenvalue weighted by Gasteiger charge is -1.90. The van der Waals surface area contributed by atoms with Crippen molar-refractivity contribution in [3.63, 3.8) is 0 Å². The Morgan fingerprint density at radius 2 is 2.55 bits per heavy atom. The lowest BCUT2D eigenvalue weighted by Crippen LogP contribution is -1.86. The van der Waals surface area contributed by atoms with Gasteiger partial charge in [-0.3, -0.25) is 4.79 Å². The van der Waals surface area contributed by atoms with Crippen molar-refractivity contribution in [3.05, 3.63) is 21.5 Å². The molecule has 0 atom stereocenters. The van der Waals surface area contributed by atoms with Crippen LogP contribution in [0, 0.1) is 0 Å². The van der Waals surface area contributed by atoms with E-state index < -0.39 is 0 Å². The van der Waals surface area contributed by atoms with Crippen LogP contribution in [0.5, 0.6) is 0 Å². The molecule has 1 aromatic rings. The molecule has 0 aliphatic rings. The fourth-order valence-electron chi connectivity index (χ4n) is 0.579. The summed E-state index contributed by atoms with van der Waals surface area (Å²) >= 11 is 8.69. The van der Waals surface area contributed by atoms with Crippen molar-refractivity contribution in [1.29, 1.82) is 0 Å². The van der Waals surface area contributed by atoms with Gasteiger partial charge in [-0.15, -0.1) is 0 Å². The second kappa shape index (κ2) is 3.78. The first-order chi connectivity index (χ1) is 5.24. The highest BCUT2D eigenvalue weighted by Crippen LogP contribution is 2.26. The van der Waals surface area contributed by atoms with Gasteiger partial charge in [-0.05, 0) is 15.9 Å². The fourth-order valence-corrected chi connectivity index (χ4v) is 1.06. The lowest BCUT2D eigenvalue weighted by molar-refractivity contribution is -0.130. The maximum Gasteiger partial charge on any atom is 0.293 e. The van der Waals surface area contributed by atoms with Gasteiger partial charge in [0.1, 0.15) is 12.4 Å². The lowest BCUT2D eigenvalue weighted by atomic mass is 10.5. The first kappa shape index (κ1) is 8.62. The molecule has 1 aromatic heterocycles. The van der Waals surface area contributed by atoms with E-state index in [1.54, 1.807) is 6.07 Å². The van der Waals surface area contributed by atoms with E-state index in [4.69, 9.17) is 16.0 Å². The normalized spacial score (nSPS) is 9.64. The van der Waals surface area contributed by atoms with Gasteiger partial charge in [0.05, 0.1) is 5.02 Å². The zero-order chi connectivity index (χ0) is 8.27. The van der Waals surface area contributed by atoms with E-state index in [1.165, 1.54) is 0 Å². The molecule has 0 aliphatic heterocycles. The highest BCUT2D eigenvalue weighted by molar-refractivity contribution is 9.10. The van der Waals surface area contributed by atoms with Crippen molar-refractivity contribution in [1.82, 2.24) is 0 Å². The molecule has 0 bridgehead atoms. The number of rotatable bonds is 3. The zero-order valence-electron chi connectivity index (χ0n) is 5.34. The standard InChI is InChI=1S/C6H4BrClO3/c7-6-5(8)1-4(11-6)2-10-3-9/h1,3H,2H2. The second-order valence-electron chi connectivity index (χ2n) is 1.74. The molecular formula is C6H4BrClO3. The summed E-state index contributed by atoms with van der Waals surface area (Å²) in [6, 6.07) is 1.58. The van der Waals surface area contributed by atoms with Crippen molar-refractivity contribution in [2.45, 2.75) is 6.61 Å². The molecule has 0 amide bonds. The van der Waals surface area contributed by atoms with Crippen LogP contribution in [0.2, 0.25) is 5.02 Å². The van der Waals surface area contributed by atoms with Crippen LogP contribution >= 0.6 is 27.5 Å². The van der Waals surface area contributed by atoms with E-state index in [2.05, 4.69) is 20.7 Å². The number of hydrogen-bond acceptors (Lipinski definition) is 3. The number of carbonyl (C=O) groups is 1. The summed E-state index contributed by atoms with van der Waals surface area (Å²) in [4.78, 5) is 9.76. The molecule has 0 N–H and O–H groups in total. The van der Waals surface area contributed by atoms with Gasteiger partial charge in [0.15, 0.2) is 4.67 Å². The van der Waals surface area contributed by atoms with Gasteiger partial charge in [-0.1, -0.05) is 11.6 Å². The SMILES string of the molecule is O=COCc1cc(Cl)c(Br)o1. The number of carbonyl (C=O) groups excluding carboxylic acids is 1. The predicted octanol–water partition coefficient (Wildman–Crippen LogP) is 2.37. The van der Waals surface area contributed by atoms with Gasteiger partial charge in [0.25, 0.3) is 6.47 Å². The Balaban J connectivity index is 2.64. The van der Waals surface area contributed by atoms with Crippen LogP contribution in [-0.2, 0) is 16.1 Å². The van der Waals surface area contributed by atoms with E-state index >= 15 is 0 Å². The first-order valence-electron chi connectivity index (χ1n) is 2.73. The summed E-state index contributed by atoms with van der Waals surface area (Å²) in [6.07, 6.45) is 0. The molecule has 0 aliphatic carbocycles. The van der Waals surface area contributed by atoms with Crippen molar-refractivity contribution < 1.29 is 13.9 Å². The third kappa shape index (κ3) is 2.24. The van der Waals surface area contributed by atoms with Crippen molar-refractivity contribution in [2.75, 3.05) is 0 Å². The molecule has 0 fully saturated rings. The van der Waals surface area contributed by atoms with Crippen LogP contribution in [0.3, 0.4) is 0 Å². The van der Waals surface area contributed by atoms with Crippen LogP contribution in [-0.4, -0.2) is 6.47 Å². The molecule has 60 valence electrons. The Morgan fingerprint density at radius 3 is 3.00 bits per heavy atom. The van der Waals surface area contributed by atoms with E-state index in [0.717, 1.165) is 0 Å². The Kier molecular flexibility index (Phi) is 2.96. The van der Waals surface area contributed by atoms with Gasteiger partial charge in [-0.25, -0.2) is 0 Å². The molecular weight excluding hydrogens is 235 g/mol. The molecule has 0 radical (unpaired) electrons. The first-order valence-corrected chi connectivity index (χ1v) is 3.90. The summed E-state index contributed by atoms with van der Waals surface area (Å²) in [7, 11) is 0. The number of hydrogen-bond donors (Lipinski definition) is 0. The van der Waals surface area contributed by atoms with Crippen LogP contribution in [0.25, 0.3) is 0 Å². The van der Waals surface area contributed by atoms with E-state index in [-0.39, 0.29) is 6.61 Å². The third-order valence-corrected chi connectivity index (χ3v) is 2.09. The molecule has 0 saturated heterocycles. The molecule has 5 heteroatoms. The zero-order valence-corrected chi connectivity index (χ0v) is 7.68. The quantitative estimate of drug-likeness (QED) is 0.760. The maximum absolute atomic E-state index is 9.76. The Hall–Kier alpha value is -0.480. The number of ether oxygens (including phenoxy) is 1. The topological polar surface area (TPSA) is 39.4 Å². The predicted molar refractivity (Wildman–Crippen MR) is 42.3 cm³/mol. The minimum absolute atomic E-state index is 0.106. The highest BCUT2D eigenvalue weighted by atomic mass is 79.9. The minimum Gasteiger partial charge on any atom is -0.460 e. The molecule has 1 rings (SSSR count). The molecule has 0 saturated carbocycles.